The van der Waals surface area contributed by atoms with Gasteiger partial charge in [-0.3, -0.25) is 9.59 Å². The molecule has 0 heterocycles. The number of carboxylic acid groups (broad SMARTS) is 1. The lowest BCUT2D eigenvalue weighted by atomic mass is 10.3. The Bertz CT molecular complexity index is 161. The fourth-order valence-electron chi connectivity index (χ4n) is 0.427. The quantitative estimate of drug-likeness (QED) is 0.341. The van der Waals surface area contributed by atoms with Crippen molar-refractivity contribution in [1.29, 1.82) is 0 Å². The molecule has 0 aliphatic carbocycles. The summed E-state index contributed by atoms with van der Waals surface area (Å²) in [4.78, 5) is 19.5. The van der Waals surface area contributed by atoms with Gasteiger partial charge in [0.25, 0.3) is 0 Å². The second-order valence-corrected chi connectivity index (χ2v) is 5.20. The number of hydrogen-bond acceptors (Lipinski definition) is 6. The van der Waals surface area contributed by atoms with Gasteiger partial charge in [0, 0.05) is 24.6 Å². The first-order valence-electron chi connectivity index (χ1n) is 4.40. The van der Waals surface area contributed by atoms with Crippen molar-refractivity contribution in [2.24, 2.45) is 11.5 Å². The lowest BCUT2D eigenvalue weighted by molar-refractivity contribution is -0.139. The molecule has 0 bridgehead atoms. The third-order valence-corrected chi connectivity index (χ3v) is 3.36. The van der Waals surface area contributed by atoms with Crippen molar-refractivity contribution in [3.8, 4) is 0 Å². The maximum atomic E-state index is 9.87. The van der Waals surface area contributed by atoms with Gasteiger partial charge in [-0.25, -0.2) is 0 Å². The van der Waals surface area contributed by atoms with Crippen LogP contribution in [0.15, 0.2) is 0 Å². The average molecular weight is 254 g/mol. The number of Topliss-reactive ketones (excluding diaryl/α,β-unsaturated/α-hetero) is 1. The van der Waals surface area contributed by atoms with E-state index in [0.29, 0.717) is 0 Å². The van der Waals surface area contributed by atoms with Gasteiger partial charge in [-0.05, 0) is 6.92 Å². The highest BCUT2D eigenvalue weighted by atomic mass is 33.1. The summed E-state index contributed by atoms with van der Waals surface area (Å²) in [5.41, 5.74) is 10.5. The van der Waals surface area contributed by atoms with Crippen LogP contribution in [0.1, 0.15) is 13.3 Å². The standard InChI is InChI=1S/C4H12N2S2.C4H6O3/c5-1-3-7-8-4-2-6;1-3(5)2-4(6)7/h1-6H2;2H2,1H3,(H,6,7). The lowest BCUT2D eigenvalue weighted by Gasteiger charge is -1.93. The second-order valence-electron chi connectivity index (χ2n) is 2.49. The zero-order valence-corrected chi connectivity index (χ0v) is 10.4. The molecule has 5 nitrogen and oxygen atoms in total. The monoisotopic (exact) mass is 254 g/mol. The summed E-state index contributed by atoms with van der Waals surface area (Å²) >= 11 is 0. The SMILES string of the molecule is CC(=O)CC(=O)O.NCCSSCCN. The van der Waals surface area contributed by atoms with Crippen LogP contribution < -0.4 is 11.5 Å². The Morgan fingerprint density at radius 1 is 1.13 bits per heavy atom. The maximum absolute atomic E-state index is 9.87. The molecule has 0 spiro atoms. The minimum absolute atomic E-state index is 0.312. The van der Waals surface area contributed by atoms with E-state index in [0.717, 1.165) is 24.6 Å². The number of nitrogens with two attached hydrogens (primary N) is 2. The first kappa shape index (κ1) is 17.2. The van der Waals surface area contributed by atoms with Crippen LogP contribution in [-0.4, -0.2) is 41.5 Å². The van der Waals surface area contributed by atoms with Gasteiger partial charge >= 0.3 is 5.97 Å². The van der Waals surface area contributed by atoms with Crippen LogP contribution in [0, 0.1) is 0 Å². The van der Waals surface area contributed by atoms with Crippen molar-refractivity contribution in [1.82, 2.24) is 0 Å². The van der Waals surface area contributed by atoms with E-state index in [2.05, 4.69) is 0 Å². The number of rotatable bonds is 7. The lowest BCUT2D eigenvalue weighted by Crippen LogP contribution is -2.02. The molecule has 0 saturated heterocycles. The fourth-order valence-corrected chi connectivity index (χ4v) is 2.14. The van der Waals surface area contributed by atoms with Gasteiger partial charge in [-0.15, -0.1) is 0 Å². The number of carboxylic acids is 1. The van der Waals surface area contributed by atoms with E-state index < -0.39 is 5.97 Å². The molecule has 0 aliphatic rings. The Morgan fingerprint density at radius 2 is 1.53 bits per heavy atom. The molecule has 0 fully saturated rings. The Balaban J connectivity index is 0. The topological polar surface area (TPSA) is 106 Å². The van der Waals surface area contributed by atoms with Gasteiger partial charge in [0.15, 0.2) is 0 Å². The second kappa shape index (κ2) is 13.8. The Hall–Kier alpha value is -0.240. The molecule has 0 aromatic carbocycles. The summed E-state index contributed by atoms with van der Waals surface area (Å²) in [7, 11) is 3.58. The third-order valence-electron chi connectivity index (χ3n) is 0.886. The Morgan fingerprint density at radius 3 is 1.67 bits per heavy atom. The molecule has 15 heavy (non-hydrogen) atoms. The number of carbonyl (C=O) groups excluding carboxylic acids is 1. The van der Waals surface area contributed by atoms with E-state index in [1.165, 1.54) is 6.92 Å². The molecule has 0 aromatic rings. The highest BCUT2D eigenvalue weighted by molar-refractivity contribution is 8.76. The molecule has 0 radical (unpaired) electrons. The van der Waals surface area contributed by atoms with Crippen molar-refractivity contribution in [2.75, 3.05) is 24.6 Å². The molecular weight excluding hydrogens is 236 g/mol. The molecule has 0 rings (SSSR count). The predicted octanol–water partition coefficient (Wildman–Crippen LogP) is 0.335. The van der Waals surface area contributed by atoms with E-state index in [1.807, 2.05) is 0 Å². The Labute approximate surface area is 97.7 Å². The Kier molecular flexibility index (Phi) is 15.7. The van der Waals surface area contributed by atoms with Crippen molar-refractivity contribution in [3.05, 3.63) is 0 Å². The van der Waals surface area contributed by atoms with Crippen LogP contribution in [-0.2, 0) is 9.59 Å². The summed E-state index contributed by atoms with van der Waals surface area (Å²) in [6, 6.07) is 0. The van der Waals surface area contributed by atoms with Crippen molar-refractivity contribution in [3.63, 3.8) is 0 Å². The molecule has 0 aliphatic heterocycles. The van der Waals surface area contributed by atoms with Crippen LogP contribution in [0.2, 0.25) is 0 Å². The van der Waals surface area contributed by atoms with Gasteiger partial charge in [-0.1, -0.05) is 21.6 Å². The summed E-state index contributed by atoms with van der Waals surface area (Å²) < 4.78 is 0. The average Bonchev–Trinajstić information content (AvgIpc) is 2.11. The molecule has 0 aromatic heterocycles. The van der Waals surface area contributed by atoms with E-state index in [9.17, 15) is 9.59 Å². The van der Waals surface area contributed by atoms with Gasteiger partial charge in [-0.2, -0.15) is 0 Å². The molecule has 5 N–H and O–H groups in total. The molecule has 0 amide bonds. The van der Waals surface area contributed by atoms with E-state index in [-0.39, 0.29) is 12.2 Å². The normalized spacial score (nSPS) is 9.00. The number of hydrogen-bond donors (Lipinski definition) is 3. The molecular formula is C8H18N2O3S2. The first-order valence-corrected chi connectivity index (χ1v) is 6.89. The predicted molar refractivity (Wildman–Crippen MR) is 66.0 cm³/mol. The van der Waals surface area contributed by atoms with E-state index >= 15 is 0 Å². The highest BCUT2D eigenvalue weighted by Crippen LogP contribution is 2.18. The van der Waals surface area contributed by atoms with Crippen molar-refractivity contribution in [2.45, 2.75) is 13.3 Å². The molecule has 7 heteroatoms. The van der Waals surface area contributed by atoms with Crippen LogP contribution in [0.5, 0.6) is 0 Å². The van der Waals surface area contributed by atoms with Crippen LogP contribution in [0.4, 0.5) is 0 Å². The molecule has 90 valence electrons. The zero-order chi connectivity index (χ0) is 12.1. The summed E-state index contributed by atoms with van der Waals surface area (Å²) in [5, 5.41) is 7.86. The maximum Gasteiger partial charge on any atom is 0.310 e. The molecule has 0 atom stereocenters. The van der Waals surface area contributed by atoms with Crippen molar-refractivity contribution >= 4 is 33.3 Å². The number of ketones is 1. The fraction of sp³-hybridized carbons (Fsp3) is 0.750. The first-order chi connectivity index (χ1) is 7.04. The largest absolute Gasteiger partial charge is 0.481 e. The molecule has 0 unspecified atom stereocenters. The summed E-state index contributed by atoms with van der Waals surface area (Å²) in [6.07, 6.45) is -0.361. The summed E-state index contributed by atoms with van der Waals surface area (Å²) in [5.74, 6) is 0.690. The van der Waals surface area contributed by atoms with Crippen LogP contribution in [0.25, 0.3) is 0 Å². The molecule has 0 saturated carbocycles. The highest BCUT2D eigenvalue weighted by Gasteiger charge is 1.98. The van der Waals surface area contributed by atoms with Gasteiger partial charge in [0.1, 0.15) is 12.2 Å². The van der Waals surface area contributed by atoms with Crippen molar-refractivity contribution < 1.29 is 14.7 Å². The summed E-state index contributed by atoms with van der Waals surface area (Å²) in [6.45, 7) is 2.78. The van der Waals surface area contributed by atoms with Crippen LogP contribution >= 0.6 is 21.6 Å². The minimum Gasteiger partial charge on any atom is -0.481 e. The number of aliphatic carboxylic acids is 1. The van der Waals surface area contributed by atoms with Gasteiger partial charge < -0.3 is 16.6 Å². The third kappa shape index (κ3) is 24.8. The van der Waals surface area contributed by atoms with E-state index in [1.54, 1.807) is 21.6 Å². The van der Waals surface area contributed by atoms with Gasteiger partial charge in [0.05, 0.1) is 0 Å². The van der Waals surface area contributed by atoms with Gasteiger partial charge in [0.2, 0.25) is 0 Å². The van der Waals surface area contributed by atoms with Crippen LogP contribution in [0.3, 0.4) is 0 Å². The minimum atomic E-state index is -1.06. The smallest absolute Gasteiger partial charge is 0.310 e. The zero-order valence-electron chi connectivity index (χ0n) is 8.77. The van der Waals surface area contributed by atoms with E-state index in [4.69, 9.17) is 16.6 Å². The number of carbonyl (C=O) groups is 2.